The summed E-state index contributed by atoms with van der Waals surface area (Å²) in [6.45, 7) is 5.90. The molecule has 0 aromatic heterocycles. The summed E-state index contributed by atoms with van der Waals surface area (Å²) in [5, 5.41) is 0. The van der Waals surface area contributed by atoms with Crippen molar-refractivity contribution in [2.45, 2.75) is 12.6 Å². The fourth-order valence-electron chi connectivity index (χ4n) is 3.00. The molecule has 0 bridgehead atoms. The van der Waals surface area contributed by atoms with E-state index in [0.717, 1.165) is 33.4 Å². The lowest BCUT2D eigenvalue weighted by atomic mass is 9.93. The summed E-state index contributed by atoms with van der Waals surface area (Å²) in [4.78, 5) is 0. The lowest BCUT2D eigenvalue weighted by Gasteiger charge is -2.21. The molecule has 0 spiro atoms. The van der Waals surface area contributed by atoms with Gasteiger partial charge < -0.3 is 11.5 Å². The number of allylic oxidation sites excluding steroid dienone is 1. The molecule has 0 radical (unpaired) electrons. The maximum Gasteiger partial charge on any atom is 0.118 e. The van der Waals surface area contributed by atoms with E-state index in [9.17, 15) is 0 Å². The number of benzene rings is 2. The summed E-state index contributed by atoms with van der Waals surface area (Å²) >= 11 is 0. The fourth-order valence-corrected chi connectivity index (χ4v) is 3.00. The first-order chi connectivity index (χ1) is 9.61. The summed E-state index contributed by atoms with van der Waals surface area (Å²) in [6.07, 6.45) is 5.98. The van der Waals surface area contributed by atoms with Crippen LogP contribution < -0.4 is 11.5 Å². The minimum atomic E-state index is -0.929. The predicted molar refractivity (Wildman–Crippen MR) is 85.8 cm³/mol. The van der Waals surface area contributed by atoms with E-state index in [1.165, 1.54) is 0 Å². The van der Waals surface area contributed by atoms with Gasteiger partial charge in [0.05, 0.1) is 0 Å². The Morgan fingerprint density at radius 1 is 1.05 bits per heavy atom. The van der Waals surface area contributed by atoms with Crippen molar-refractivity contribution in [3.8, 4) is 11.1 Å². The lowest BCUT2D eigenvalue weighted by molar-refractivity contribution is 0.584. The van der Waals surface area contributed by atoms with E-state index < -0.39 is 5.66 Å². The van der Waals surface area contributed by atoms with Crippen LogP contribution in [0.25, 0.3) is 23.3 Å². The quantitative estimate of drug-likeness (QED) is 0.814. The van der Waals surface area contributed by atoms with Gasteiger partial charge in [-0.3, -0.25) is 0 Å². The van der Waals surface area contributed by atoms with Crippen LogP contribution in [0.15, 0.2) is 49.1 Å². The van der Waals surface area contributed by atoms with Crippen LogP contribution in [0.4, 0.5) is 0 Å². The third-order valence-corrected chi connectivity index (χ3v) is 3.92. The molecule has 0 fully saturated rings. The van der Waals surface area contributed by atoms with Gasteiger partial charge in [0.25, 0.3) is 0 Å². The Hall–Kier alpha value is -2.16. The van der Waals surface area contributed by atoms with Gasteiger partial charge in [-0.15, -0.1) is 0 Å². The van der Waals surface area contributed by atoms with E-state index in [2.05, 4.69) is 18.7 Å². The van der Waals surface area contributed by atoms with Gasteiger partial charge in [-0.2, -0.15) is 0 Å². The van der Waals surface area contributed by atoms with Crippen LogP contribution in [0.5, 0.6) is 0 Å². The normalized spacial score (nSPS) is 15.2. The molecule has 4 N–H and O–H groups in total. The lowest BCUT2D eigenvalue weighted by Crippen LogP contribution is -2.45. The topological polar surface area (TPSA) is 52.0 Å². The average Bonchev–Trinajstić information content (AvgIpc) is 2.69. The molecule has 2 nitrogen and oxygen atoms in total. The molecule has 0 amide bonds. The maximum atomic E-state index is 6.39. The SMILES string of the molecule is C=Cc1ccc2c(c1/C=C\C)-c1ccccc1C2(N)N. The number of fused-ring (bicyclic) bond motifs is 3. The van der Waals surface area contributed by atoms with Crippen molar-refractivity contribution < 1.29 is 0 Å². The van der Waals surface area contributed by atoms with Crippen LogP contribution in [0.3, 0.4) is 0 Å². The Morgan fingerprint density at radius 2 is 1.80 bits per heavy atom. The van der Waals surface area contributed by atoms with Crippen LogP contribution in [0.2, 0.25) is 0 Å². The average molecular weight is 262 g/mol. The van der Waals surface area contributed by atoms with Crippen LogP contribution >= 0.6 is 0 Å². The standard InChI is InChI=1S/C18H18N2/c1-3-7-13-12(4-2)10-11-16-17(13)14-8-5-6-9-15(14)18(16,19)20/h3-11H,2,19-20H2,1H3/b7-3-. The highest BCUT2D eigenvalue weighted by atomic mass is 15.0. The molecular weight excluding hydrogens is 244 g/mol. The van der Waals surface area contributed by atoms with E-state index in [-0.39, 0.29) is 0 Å². The van der Waals surface area contributed by atoms with Crippen LogP contribution in [-0.2, 0) is 5.66 Å². The summed E-state index contributed by atoms with van der Waals surface area (Å²) in [5.41, 5.74) is 18.2. The van der Waals surface area contributed by atoms with Gasteiger partial charge in [0, 0.05) is 0 Å². The van der Waals surface area contributed by atoms with Gasteiger partial charge in [-0.05, 0) is 40.3 Å². The highest BCUT2D eigenvalue weighted by Gasteiger charge is 2.37. The third kappa shape index (κ3) is 1.59. The number of hydrogen-bond acceptors (Lipinski definition) is 2. The molecule has 2 aromatic rings. The number of hydrogen-bond donors (Lipinski definition) is 2. The Morgan fingerprint density at radius 3 is 2.50 bits per heavy atom. The zero-order valence-corrected chi connectivity index (χ0v) is 11.6. The Bertz CT molecular complexity index is 724. The zero-order chi connectivity index (χ0) is 14.3. The van der Waals surface area contributed by atoms with Crippen molar-refractivity contribution in [2.24, 2.45) is 11.5 Å². The van der Waals surface area contributed by atoms with E-state index >= 15 is 0 Å². The van der Waals surface area contributed by atoms with Gasteiger partial charge in [0.15, 0.2) is 0 Å². The number of rotatable bonds is 2. The Balaban J connectivity index is 2.44. The molecule has 20 heavy (non-hydrogen) atoms. The summed E-state index contributed by atoms with van der Waals surface area (Å²) in [7, 11) is 0. The largest absolute Gasteiger partial charge is 0.306 e. The molecule has 0 atom stereocenters. The summed E-state index contributed by atoms with van der Waals surface area (Å²) in [5.74, 6) is 0. The van der Waals surface area contributed by atoms with E-state index in [1.807, 2.05) is 49.4 Å². The fraction of sp³-hybridized carbons (Fsp3) is 0.111. The van der Waals surface area contributed by atoms with E-state index in [0.29, 0.717) is 0 Å². The minimum Gasteiger partial charge on any atom is -0.306 e. The first-order valence-electron chi connectivity index (χ1n) is 6.71. The van der Waals surface area contributed by atoms with Gasteiger partial charge in [-0.1, -0.05) is 61.2 Å². The van der Waals surface area contributed by atoms with Gasteiger partial charge in [-0.25, -0.2) is 0 Å². The second-order valence-corrected chi connectivity index (χ2v) is 5.11. The van der Waals surface area contributed by atoms with E-state index in [4.69, 9.17) is 11.5 Å². The van der Waals surface area contributed by atoms with Crippen molar-refractivity contribution in [1.29, 1.82) is 0 Å². The van der Waals surface area contributed by atoms with Crippen molar-refractivity contribution >= 4 is 12.2 Å². The zero-order valence-electron chi connectivity index (χ0n) is 11.6. The molecule has 0 unspecified atom stereocenters. The summed E-state index contributed by atoms with van der Waals surface area (Å²) < 4.78 is 0. The second-order valence-electron chi connectivity index (χ2n) is 5.11. The molecule has 3 rings (SSSR count). The predicted octanol–water partition coefficient (Wildman–Crippen LogP) is 3.46. The second kappa shape index (κ2) is 4.44. The molecule has 1 aliphatic rings. The molecule has 2 heteroatoms. The van der Waals surface area contributed by atoms with Crippen LogP contribution in [0.1, 0.15) is 29.2 Å². The number of nitrogens with two attached hydrogens (primary N) is 2. The molecule has 2 aromatic carbocycles. The highest BCUT2D eigenvalue weighted by Crippen LogP contribution is 2.46. The van der Waals surface area contributed by atoms with Crippen LogP contribution in [0, 0.1) is 0 Å². The van der Waals surface area contributed by atoms with Crippen LogP contribution in [-0.4, -0.2) is 0 Å². The smallest absolute Gasteiger partial charge is 0.118 e. The first-order valence-corrected chi connectivity index (χ1v) is 6.71. The molecular formula is C18H18N2. The Labute approximate surface area is 119 Å². The molecule has 100 valence electrons. The molecule has 0 saturated heterocycles. The minimum absolute atomic E-state index is 0.929. The third-order valence-electron chi connectivity index (χ3n) is 3.92. The monoisotopic (exact) mass is 262 g/mol. The molecule has 0 saturated carbocycles. The molecule has 0 aliphatic heterocycles. The van der Waals surface area contributed by atoms with E-state index in [1.54, 1.807) is 0 Å². The van der Waals surface area contributed by atoms with Gasteiger partial charge in [0.1, 0.15) is 5.66 Å². The highest BCUT2D eigenvalue weighted by molar-refractivity contribution is 5.89. The molecule has 0 heterocycles. The van der Waals surface area contributed by atoms with Crippen molar-refractivity contribution in [2.75, 3.05) is 0 Å². The van der Waals surface area contributed by atoms with Crippen molar-refractivity contribution in [3.63, 3.8) is 0 Å². The Kier molecular flexibility index (Phi) is 2.85. The summed E-state index contributed by atoms with van der Waals surface area (Å²) in [6, 6.07) is 12.1. The molecule has 1 aliphatic carbocycles. The van der Waals surface area contributed by atoms with Gasteiger partial charge in [0.2, 0.25) is 0 Å². The first kappa shape index (κ1) is 12.9. The van der Waals surface area contributed by atoms with Crippen molar-refractivity contribution in [1.82, 2.24) is 0 Å². The van der Waals surface area contributed by atoms with Gasteiger partial charge >= 0.3 is 0 Å². The maximum absolute atomic E-state index is 6.39. The van der Waals surface area contributed by atoms with Crippen molar-refractivity contribution in [3.05, 3.63) is 71.3 Å².